The topological polar surface area (TPSA) is 85.8 Å². The zero-order valence-electron chi connectivity index (χ0n) is 21.5. The summed E-state index contributed by atoms with van der Waals surface area (Å²) in [6.45, 7) is 4.72. The first-order valence-corrected chi connectivity index (χ1v) is 12.6. The Morgan fingerprint density at radius 1 is 0.974 bits per heavy atom. The molecular weight excluding hydrogens is 474 g/mol. The molecular formula is C31H27N5O2. The van der Waals surface area contributed by atoms with Gasteiger partial charge in [-0.2, -0.15) is 5.10 Å². The Kier molecular flexibility index (Phi) is 5.76. The Labute approximate surface area is 220 Å². The van der Waals surface area contributed by atoms with Gasteiger partial charge in [-0.05, 0) is 60.9 Å². The number of aromatic nitrogens is 5. The lowest BCUT2D eigenvalue weighted by Gasteiger charge is -2.14. The van der Waals surface area contributed by atoms with Crippen LogP contribution in [0.4, 0.5) is 0 Å². The molecule has 0 saturated heterocycles. The van der Waals surface area contributed by atoms with E-state index in [0.29, 0.717) is 0 Å². The number of hydrogen-bond acceptors (Lipinski definition) is 4. The van der Waals surface area contributed by atoms with Crippen molar-refractivity contribution in [2.24, 2.45) is 7.05 Å². The van der Waals surface area contributed by atoms with E-state index in [9.17, 15) is 9.90 Å². The Balaban J connectivity index is 1.56. The van der Waals surface area contributed by atoms with Crippen molar-refractivity contribution in [3.8, 4) is 33.6 Å². The summed E-state index contributed by atoms with van der Waals surface area (Å²) < 4.78 is 4.06. The lowest BCUT2D eigenvalue weighted by Crippen LogP contribution is -2.07. The van der Waals surface area contributed by atoms with Crippen molar-refractivity contribution in [2.75, 3.05) is 0 Å². The molecule has 0 radical (unpaired) electrons. The minimum Gasteiger partial charge on any atom is -0.481 e. The first kappa shape index (κ1) is 23.6. The molecule has 0 saturated carbocycles. The highest BCUT2D eigenvalue weighted by atomic mass is 16.4. The van der Waals surface area contributed by atoms with E-state index in [2.05, 4.69) is 51.9 Å². The molecule has 2 aromatic carbocycles. The molecule has 0 aliphatic rings. The molecule has 7 nitrogen and oxygen atoms in total. The first-order chi connectivity index (χ1) is 18.4. The summed E-state index contributed by atoms with van der Waals surface area (Å²) in [6.07, 6.45) is 3.62. The maximum absolute atomic E-state index is 11.8. The molecule has 188 valence electrons. The molecule has 0 aliphatic carbocycles. The van der Waals surface area contributed by atoms with Gasteiger partial charge in [0.1, 0.15) is 5.65 Å². The molecule has 38 heavy (non-hydrogen) atoms. The monoisotopic (exact) mass is 501 g/mol. The van der Waals surface area contributed by atoms with E-state index < -0.39 is 5.97 Å². The van der Waals surface area contributed by atoms with E-state index in [1.807, 2.05) is 67.4 Å². The van der Waals surface area contributed by atoms with Gasteiger partial charge in [0.25, 0.3) is 0 Å². The number of pyridine rings is 2. The molecule has 4 heterocycles. The number of rotatable bonds is 6. The quantitative estimate of drug-likeness (QED) is 0.291. The van der Waals surface area contributed by atoms with Gasteiger partial charge in [0.05, 0.1) is 29.5 Å². The van der Waals surface area contributed by atoms with E-state index in [1.54, 1.807) is 0 Å². The molecule has 7 heteroatoms. The van der Waals surface area contributed by atoms with Crippen LogP contribution in [0.2, 0.25) is 0 Å². The molecule has 0 aliphatic heterocycles. The Morgan fingerprint density at radius 2 is 1.79 bits per heavy atom. The van der Waals surface area contributed by atoms with Gasteiger partial charge < -0.3 is 9.67 Å². The maximum atomic E-state index is 11.8. The highest BCUT2D eigenvalue weighted by molar-refractivity contribution is 6.00. The number of hydrogen-bond donors (Lipinski definition) is 1. The number of aliphatic carboxylic acids is 1. The van der Waals surface area contributed by atoms with Crippen LogP contribution in [0.1, 0.15) is 18.2 Å². The SMILES string of the molecule is CCn1c(-c2ccnc(-c3ccc4c(cnn4C)c3)c2)cc2c(-c3ccccc3)c(CC(=O)O)c(C)nc21. The van der Waals surface area contributed by atoms with Crippen molar-refractivity contribution in [2.45, 2.75) is 26.8 Å². The van der Waals surface area contributed by atoms with Crippen LogP contribution < -0.4 is 0 Å². The van der Waals surface area contributed by atoms with E-state index in [0.717, 1.165) is 73.4 Å². The van der Waals surface area contributed by atoms with E-state index in [1.165, 1.54) is 0 Å². The number of carbonyl (C=O) groups is 1. The highest BCUT2D eigenvalue weighted by Gasteiger charge is 2.21. The van der Waals surface area contributed by atoms with Crippen LogP contribution in [-0.4, -0.2) is 35.4 Å². The second kappa shape index (κ2) is 9.27. The van der Waals surface area contributed by atoms with Gasteiger partial charge in [0.2, 0.25) is 0 Å². The largest absolute Gasteiger partial charge is 0.481 e. The number of aryl methyl sites for hydroxylation is 3. The van der Waals surface area contributed by atoms with Crippen molar-refractivity contribution >= 4 is 27.9 Å². The Hall–Kier alpha value is -4.78. The van der Waals surface area contributed by atoms with Crippen LogP contribution in [0, 0.1) is 6.92 Å². The van der Waals surface area contributed by atoms with Crippen LogP contribution in [0.3, 0.4) is 0 Å². The number of benzene rings is 2. The molecule has 1 N–H and O–H groups in total. The molecule has 0 amide bonds. The third-order valence-corrected chi connectivity index (χ3v) is 7.15. The van der Waals surface area contributed by atoms with Gasteiger partial charge in [0, 0.05) is 47.4 Å². The Morgan fingerprint density at radius 3 is 2.55 bits per heavy atom. The number of nitrogens with zero attached hydrogens (tertiary/aromatic N) is 5. The number of carboxylic acid groups (broad SMARTS) is 1. The average Bonchev–Trinajstić information content (AvgIpc) is 3.49. The molecule has 0 spiro atoms. The van der Waals surface area contributed by atoms with E-state index in [-0.39, 0.29) is 6.42 Å². The zero-order valence-corrected chi connectivity index (χ0v) is 21.5. The molecule has 0 atom stereocenters. The van der Waals surface area contributed by atoms with Gasteiger partial charge in [-0.15, -0.1) is 0 Å². The van der Waals surface area contributed by atoms with Crippen LogP contribution >= 0.6 is 0 Å². The summed E-state index contributed by atoms with van der Waals surface area (Å²) in [5.74, 6) is -0.870. The Bertz CT molecular complexity index is 1830. The molecule has 0 unspecified atom stereocenters. The summed E-state index contributed by atoms with van der Waals surface area (Å²) in [4.78, 5) is 21.4. The minimum atomic E-state index is -0.870. The minimum absolute atomic E-state index is 0.0815. The van der Waals surface area contributed by atoms with Crippen molar-refractivity contribution in [1.82, 2.24) is 24.3 Å². The molecule has 6 rings (SSSR count). The summed E-state index contributed by atoms with van der Waals surface area (Å²) in [5, 5.41) is 16.1. The lowest BCUT2D eigenvalue weighted by molar-refractivity contribution is -0.136. The fourth-order valence-electron chi connectivity index (χ4n) is 5.35. The van der Waals surface area contributed by atoms with Crippen LogP contribution in [0.15, 0.2) is 79.1 Å². The molecule has 0 fully saturated rings. The van der Waals surface area contributed by atoms with Crippen molar-refractivity contribution < 1.29 is 9.90 Å². The van der Waals surface area contributed by atoms with Crippen molar-refractivity contribution in [3.05, 3.63) is 90.4 Å². The summed E-state index contributed by atoms with van der Waals surface area (Å²) in [6, 6.07) is 22.5. The second-order valence-electron chi connectivity index (χ2n) is 9.47. The predicted molar refractivity (Wildman–Crippen MR) is 150 cm³/mol. The third kappa shape index (κ3) is 3.93. The standard InChI is InChI=1S/C31H27N5O2/c1-4-36-28(22-12-13-32-26(15-22)21-10-11-27-23(14-21)18-33-35(27)3)16-25-30(20-8-6-5-7-9-20)24(17-29(37)38)19(2)34-31(25)36/h5-16,18H,4,17H2,1-3H3,(H,37,38). The zero-order chi connectivity index (χ0) is 26.4. The fourth-order valence-corrected chi connectivity index (χ4v) is 5.35. The molecule has 4 aromatic heterocycles. The number of carboxylic acids is 1. The van der Waals surface area contributed by atoms with Crippen molar-refractivity contribution in [3.63, 3.8) is 0 Å². The maximum Gasteiger partial charge on any atom is 0.307 e. The lowest BCUT2D eigenvalue weighted by atomic mass is 9.94. The summed E-state index contributed by atoms with van der Waals surface area (Å²) >= 11 is 0. The highest BCUT2D eigenvalue weighted by Crippen LogP contribution is 2.38. The van der Waals surface area contributed by atoms with Crippen LogP contribution in [0.5, 0.6) is 0 Å². The van der Waals surface area contributed by atoms with Crippen LogP contribution in [-0.2, 0) is 24.8 Å². The van der Waals surface area contributed by atoms with Crippen molar-refractivity contribution in [1.29, 1.82) is 0 Å². The third-order valence-electron chi connectivity index (χ3n) is 7.15. The smallest absolute Gasteiger partial charge is 0.307 e. The van der Waals surface area contributed by atoms with E-state index >= 15 is 0 Å². The van der Waals surface area contributed by atoms with Crippen LogP contribution in [0.25, 0.3) is 55.6 Å². The second-order valence-corrected chi connectivity index (χ2v) is 9.47. The normalized spacial score (nSPS) is 11.4. The first-order valence-electron chi connectivity index (χ1n) is 12.6. The van der Waals surface area contributed by atoms with Gasteiger partial charge in [0.15, 0.2) is 0 Å². The molecule has 0 bridgehead atoms. The van der Waals surface area contributed by atoms with Gasteiger partial charge in [-0.3, -0.25) is 14.5 Å². The van der Waals surface area contributed by atoms with E-state index in [4.69, 9.17) is 4.98 Å². The van der Waals surface area contributed by atoms with Gasteiger partial charge in [-0.25, -0.2) is 4.98 Å². The number of fused-ring (bicyclic) bond motifs is 2. The predicted octanol–water partition coefficient (Wildman–Crippen LogP) is 6.27. The van der Waals surface area contributed by atoms with Gasteiger partial charge in [-0.1, -0.05) is 36.4 Å². The van der Waals surface area contributed by atoms with Gasteiger partial charge >= 0.3 is 5.97 Å². The average molecular weight is 502 g/mol. The molecule has 6 aromatic rings. The summed E-state index contributed by atoms with van der Waals surface area (Å²) in [7, 11) is 1.94. The fraction of sp³-hybridized carbons (Fsp3) is 0.161. The summed E-state index contributed by atoms with van der Waals surface area (Å²) in [5.41, 5.74) is 9.26.